The van der Waals surface area contributed by atoms with Crippen molar-refractivity contribution in [3.63, 3.8) is 0 Å². The van der Waals surface area contributed by atoms with Gasteiger partial charge in [-0.05, 0) is 32.4 Å². The van der Waals surface area contributed by atoms with Gasteiger partial charge < -0.3 is 5.32 Å². The first kappa shape index (κ1) is 11.6. The van der Waals surface area contributed by atoms with Gasteiger partial charge in [0.25, 0.3) is 0 Å². The summed E-state index contributed by atoms with van der Waals surface area (Å²) >= 11 is 0. The first-order chi connectivity index (χ1) is 7.68. The normalized spacial score (nSPS) is 26.9. The van der Waals surface area contributed by atoms with Crippen LogP contribution in [0.3, 0.4) is 0 Å². The van der Waals surface area contributed by atoms with Crippen molar-refractivity contribution < 1.29 is 0 Å². The molecule has 0 saturated carbocycles. The van der Waals surface area contributed by atoms with Gasteiger partial charge in [-0.15, -0.1) is 0 Å². The fraction of sp³-hybridized carbons (Fsp3) is 0.615. The van der Waals surface area contributed by atoms with Crippen LogP contribution in [0, 0.1) is 6.92 Å². The highest BCUT2D eigenvalue weighted by atomic mass is 15.2. The van der Waals surface area contributed by atoms with E-state index in [0.29, 0.717) is 12.1 Å². The van der Waals surface area contributed by atoms with Crippen LogP contribution in [0.15, 0.2) is 18.3 Å². The van der Waals surface area contributed by atoms with E-state index >= 15 is 0 Å². The Morgan fingerprint density at radius 1 is 1.38 bits per heavy atom. The molecule has 1 aliphatic rings. The molecule has 0 bridgehead atoms. The lowest BCUT2D eigenvalue weighted by Crippen LogP contribution is -2.54. The summed E-state index contributed by atoms with van der Waals surface area (Å²) in [5.74, 6) is 0. The maximum atomic E-state index is 4.48. The Balaban J connectivity index is 2.11. The van der Waals surface area contributed by atoms with E-state index in [0.717, 1.165) is 19.6 Å². The highest BCUT2D eigenvalue weighted by Gasteiger charge is 2.24. The van der Waals surface area contributed by atoms with Crippen molar-refractivity contribution in [2.24, 2.45) is 0 Å². The molecule has 1 aromatic heterocycles. The second-order valence-corrected chi connectivity index (χ2v) is 4.80. The van der Waals surface area contributed by atoms with Gasteiger partial charge in [0.2, 0.25) is 0 Å². The number of nitrogens with one attached hydrogen (secondary N) is 1. The first-order valence-corrected chi connectivity index (χ1v) is 6.05. The van der Waals surface area contributed by atoms with Crippen LogP contribution in [-0.2, 0) is 6.54 Å². The second kappa shape index (κ2) is 4.93. The monoisotopic (exact) mass is 219 g/mol. The Bertz CT molecular complexity index is 341. The van der Waals surface area contributed by atoms with Crippen LogP contribution < -0.4 is 5.32 Å². The molecule has 3 nitrogen and oxygen atoms in total. The summed E-state index contributed by atoms with van der Waals surface area (Å²) in [4.78, 5) is 7.01. The third-order valence-corrected chi connectivity index (χ3v) is 3.46. The number of hydrogen-bond acceptors (Lipinski definition) is 3. The van der Waals surface area contributed by atoms with Crippen molar-refractivity contribution in [3.05, 3.63) is 29.6 Å². The van der Waals surface area contributed by atoms with Gasteiger partial charge in [-0.25, -0.2) is 0 Å². The summed E-state index contributed by atoms with van der Waals surface area (Å²) in [6.07, 6.45) is 1.89. The summed E-state index contributed by atoms with van der Waals surface area (Å²) in [6.45, 7) is 9.82. The van der Waals surface area contributed by atoms with Crippen molar-refractivity contribution in [2.45, 2.75) is 39.4 Å². The van der Waals surface area contributed by atoms with Crippen molar-refractivity contribution in [3.8, 4) is 0 Å². The molecule has 1 saturated heterocycles. The van der Waals surface area contributed by atoms with Crippen molar-refractivity contribution >= 4 is 0 Å². The molecule has 0 radical (unpaired) electrons. The molecule has 1 aliphatic heterocycles. The van der Waals surface area contributed by atoms with Crippen molar-refractivity contribution in [2.75, 3.05) is 13.1 Å². The van der Waals surface area contributed by atoms with Gasteiger partial charge in [-0.3, -0.25) is 9.88 Å². The predicted octanol–water partition coefficient (Wildman–Crippen LogP) is 1.57. The van der Waals surface area contributed by atoms with Crippen LogP contribution in [0.1, 0.15) is 25.1 Å². The molecule has 2 heterocycles. The highest BCUT2D eigenvalue weighted by molar-refractivity contribution is 5.17. The smallest absolute Gasteiger partial charge is 0.0573 e. The topological polar surface area (TPSA) is 28.2 Å². The Kier molecular flexibility index (Phi) is 3.56. The van der Waals surface area contributed by atoms with E-state index in [1.807, 2.05) is 12.3 Å². The number of hydrogen-bond donors (Lipinski definition) is 1. The van der Waals surface area contributed by atoms with Gasteiger partial charge in [0.1, 0.15) is 0 Å². The van der Waals surface area contributed by atoms with Gasteiger partial charge in [0, 0.05) is 37.9 Å². The molecule has 1 fully saturated rings. The molecule has 0 amide bonds. The highest BCUT2D eigenvalue weighted by Crippen LogP contribution is 2.15. The number of nitrogens with zero attached hydrogens (tertiary/aromatic N) is 2. The minimum Gasteiger partial charge on any atom is -0.314 e. The summed E-state index contributed by atoms with van der Waals surface area (Å²) in [6, 6.07) is 5.32. The maximum Gasteiger partial charge on any atom is 0.0573 e. The van der Waals surface area contributed by atoms with E-state index < -0.39 is 0 Å². The van der Waals surface area contributed by atoms with E-state index in [-0.39, 0.29) is 0 Å². The van der Waals surface area contributed by atoms with Crippen LogP contribution >= 0.6 is 0 Å². The standard InChI is InChI=1S/C13H21N3/c1-10-5-4-6-15-13(10)9-16-11(2)7-14-8-12(16)3/h4-6,11-12,14H,7-9H2,1-3H3. The van der Waals surface area contributed by atoms with Gasteiger partial charge in [0.15, 0.2) is 0 Å². The van der Waals surface area contributed by atoms with Gasteiger partial charge >= 0.3 is 0 Å². The molecular formula is C13H21N3. The molecule has 88 valence electrons. The molecule has 0 spiro atoms. The Hall–Kier alpha value is -0.930. The largest absolute Gasteiger partial charge is 0.314 e. The number of rotatable bonds is 2. The van der Waals surface area contributed by atoms with E-state index in [9.17, 15) is 0 Å². The van der Waals surface area contributed by atoms with E-state index in [4.69, 9.17) is 0 Å². The zero-order chi connectivity index (χ0) is 11.5. The maximum absolute atomic E-state index is 4.48. The molecule has 1 N–H and O–H groups in total. The zero-order valence-corrected chi connectivity index (χ0v) is 10.4. The average Bonchev–Trinajstić information content (AvgIpc) is 2.26. The molecule has 16 heavy (non-hydrogen) atoms. The van der Waals surface area contributed by atoms with Crippen LogP contribution in [0.5, 0.6) is 0 Å². The SMILES string of the molecule is Cc1cccnc1CN1C(C)CNCC1C. The predicted molar refractivity (Wildman–Crippen MR) is 66.3 cm³/mol. The lowest BCUT2D eigenvalue weighted by atomic mass is 10.1. The third kappa shape index (κ3) is 2.42. The van der Waals surface area contributed by atoms with E-state index in [2.05, 4.69) is 42.0 Å². The van der Waals surface area contributed by atoms with Gasteiger partial charge in [-0.2, -0.15) is 0 Å². The van der Waals surface area contributed by atoms with E-state index in [1.54, 1.807) is 0 Å². The number of aromatic nitrogens is 1. The fourth-order valence-corrected chi connectivity index (χ4v) is 2.34. The minimum absolute atomic E-state index is 0.588. The minimum atomic E-state index is 0.588. The molecule has 0 aliphatic carbocycles. The number of aryl methyl sites for hydroxylation is 1. The molecule has 2 unspecified atom stereocenters. The lowest BCUT2D eigenvalue weighted by molar-refractivity contribution is 0.107. The van der Waals surface area contributed by atoms with Gasteiger partial charge in [-0.1, -0.05) is 6.07 Å². The summed E-state index contributed by atoms with van der Waals surface area (Å²) in [7, 11) is 0. The van der Waals surface area contributed by atoms with Crippen LogP contribution in [-0.4, -0.2) is 35.1 Å². The third-order valence-electron chi connectivity index (χ3n) is 3.46. The quantitative estimate of drug-likeness (QED) is 0.818. The molecular weight excluding hydrogens is 198 g/mol. The molecule has 0 aromatic carbocycles. The van der Waals surface area contributed by atoms with Crippen molar-refractivity contribution in [1.82, 2.24) is 15.2 Å². The second-order valence-electron chi connectivity index (χ2n) is 4.80. The lowest BCUT2D eigenvalue weighted by Gasteiger charge is -2.39. The fourth-order valence-electron chi connectivity index (χ4n) is 2.34. The zero-order valence-electron chi connectivity index (χ0n) is 10.4. The summed E-state index contributed by atoms with van der Waals surface area (Å²) in [5.41, 5.74) is 2.50. The molecule has 1 aromatic rings. The van der Waals surface area contributed by atoms with Crippen LogP contribution in [0.25, 0.3) is 0 Å². The summed E-state index contributed by atoms with van der Waals surface area (Å²) < 4.78 is 0. The van der Waals surface area contributed by atoms with Crippen LogP contribution in [0.2, 0.25) is 0 Å². The number of piperazine rings is 1. The Labute approximate surface area is 97.9 Å². The molecule has 3 heteroatoms. The van der Waals surface area contributed by atoms with Gasteiger partial charge in [0.05, 0.1) is 5.69 Å². The number of pyridine rings is 1. The van der Waals surface area contributed by atoms with Crippen molar-refractivity contribution in [1.29, 1.82) is 0 Å². The van der Waals surface area contributed by atoms with Crippen LogP contribution in [0.4, 0.5) is 0 Å². The van der Waals surface area contributed by atoms with E-state index in [1.165, 1.54) is 11.3 Å². The first-order valence-electron chi connectivity index (χ1n) is 6.05. The molecule has 2 atom stereocenters. The Morgan fingerprint density at radius 3 is 2.69 bits per heavy atom. The molecule has 2 rings (SSSR count). The summed E-state index contributed by atoms with van der Waals surface area (Å²) in [5, 5.41) is 3.45. The average molecular weight is 219 g/mol. The Morgan fingerprint density at radius 2 is 2.06 bits per heavy atom.